The normalized spacial score (nSPS) is 22.8. The molecule has 25 heavy (non-hydrogen) atoms. The molecule has 0 unspecified atom stereocenters. The minimum absolute atomic E-state index is 0.00605. The van der Waals surface area contributed by atoms with Crippen molar-refractivity contribution in [1.82, 2.24) is 4.90 Å². The molecule has 0 spiro atoms. The van der Waals surface area contributed by atoms with Gasteiger partial charge in [-0.15, -0.1) is 0 Å². The van der Waals surface area contributed by atoms with E-state index in [1.807, 2.05) is 31.2 Å². The Bertz CT molecular complexity index is 773. The molecule has 0 aromatic heterocycles. The maximum atomic E-state index is 12.9. The van der Waals surface area contributed by atoms with Crippen molar-refractivity contribution in [2.75, 3.05) is 6.61 Å². The number of fused-ring (bicyclic) bond motifs is 1. The molecule has 132 valence electrons. The first-order valence-electron chi connectivity index (χ1n) is 8.19. The van der Waals surface area contributed by atoms with Gasteiger partial charge in [0.25, 0.3) is 0 Å². The van der Waals surface area contributed by atoms with E-state index in [1.54, 1.807) is 18.7 Å². The second kappa shape index (κ2) is 7.33. The number of benzene rings is 1. The lowest BCUT2D eigenvalue weighted by atomic mass is 9.94. The molecule has 0 saturated carbocycles. The Morgan fingerprint density at radius 3 is 2.60 bits per heavy atom. The van der Waals surface area contributed by atoms with Crippen molar-refractivity contribution in [1.29, 1.82) is 0 Å². The van der Waals surface area contributed by atoms with E-state index in [0.717, 1.165) is 16.5 Å². The highest BCUT2D eigenvalue weighted by Gasteiger charge is 2.47. The first kappa shape index (κ1) is 18.2. The highest BCUT2D eigenvalue weighted by Crippen LogP contribution is 2.44. The fourth-order valence-electron chi connectivity index (χ4n) is 3.02. The van der Waals surface area contributed by atoms with Crippen LogP contribution in [0.4, 0.5) is 0 Å². The number of amidine groups is 1. The van der Waals surface area contributed by atoms with Crippen LogP contribution in [0.1, 0.15) is 38.8 Å². The number of hydrogen-bond acceptors (Lipinski definition) is 5. The number of halogens is 1. The second-order valence-corrected chi connectivity index (χ2v) is 7.88. The molecule has 2 aliphatic heterocycles. The Morgan fingerprint density at radius 2 is 2.00 bits per heavy atom. The lowest BCUT2D eigenvalue weighted by molar-refractivity contribution is -0.139. The average Bonchev–Trinajstić information content (AvgIpc) is 2.90. The fourth-order valence-corrected chi connectivity index (χ4v) is 4.42. The second-order valence-electron chi connectivity index (χ2n) is 5.79. The SMILES string of the molecule is CCOC(=O)C1=C(C)N=C2S[C@@H](CC)C(=O)N2[C@@H]1c1ccc(Br)cc1. The average molecular weight is 423 g/mol. The van der Waals surface area contributed by atoms with E-state index in [1.165, 1.54) is 11.8 Å². The van der Waals surface area contributed by atoms with E-state index < -0.39 is 12.0 Å². The van der Waals surface area contributed by atoms with Gasteiger partial charge in [-0.2, -0.15) is 0 Å². The zero-order valence-electron chi connectivity index (χ0n) is 14.3. The standard InChI is InChI=1S/C18H19BrN2O3S/c1-4-13-16(22)21-15(11-6-8-12(19)9-7-11)14(17(23)24-5-2)10(3)20-18(21)25-13/h6-9,13,15H,4-5H2,1-3H3/t13-,15+/m0/s1. The summed E-state index contributed by atoms with van der Waals surface area (Å²) in [5, 5.41) is 0.501. The van der Waals surface area contributed by atoms with E-state index in [0.29, 0.717) is 16.4 Å². The maximum absolute atomic E-state index is 12.9. The zero-order valence-corrected chi connectivity index (χ0v) is 16.7. The van der Waals surface area contributed by atoms with Crippen LogP contribution in [0.15, 0.2) is 45.0 Å². The molecule has 0 aliphatic carbocycles. The molecular weight excluding hydrogens is 404 g/mol. The maximum Gasteiger partial charge on any atom is 0.338 e. The number of amides is 1. The van der Waals surface area contributed by atoms with E-state index in [-0.39, 0.29) is 17.8 Å². The first-order valence-corrected chi connectivity index (χ1v) is 9.86. The number of ether oxygens (including phenoxy) is 1. The van der Waals surface area contributed by atoms with Gasteiger partial charge in [0, 0.05) is 4.47 Å². The summed E-state index contributed by atoms with van der Waals surface area (Å²) in [6.07, 6.45) is 0.722. The summed E-state index contributed by atoms with van der Waals surface area (Å²) in [6, 6.07) is 7.15. The van der Waals surface area contributed by atoms with Crippen LogP contribution >= 0.6 is 27.7 Å². The Kier molecular flexibility index (Phi) is 5.34. The van der Waals surface area contributed by atoms with Gasteiger partial charge in [-0.05, 0) is 38.0 Å². The third-order valence-corrected chi connectivity index (χ3v) is 6.05. The molecule has 2 atom stereocenters. The van der Waals surface area contributed by atoms with Gasteiger partial charge < -0.3 is 4.74 Å². The number of rotatable bonds is 4. The molecule has 3 rings (SSSR count). The quantitative estimate of drug-likeness (QED) is 0.686. The van der Waals surface area contributed by atoms with Crippen molar-refractivity contribution >= 4 is 44.7 Å². The van der Waals surface area contributed by atoms with Crippen molar-refractivity contribution < 1.29 is 14.3 Å². The molecular formula is C18H19BrN2O3S. The number of hydrogen-bond donors (Lipinski definition) is 0. The molecule has 1 aromatic rings. The molecule has 2 heterocycles. The summed E-state index contributed by atoms with van der Waals surface area (Å²) in [5.41, 5.74) is 1.90. The van der Waals surface area contributed by atoms with E-state index >= 15 is 0 Å². The van der Waals surface area contributed by atoms with Gasteiger partial charge in [0.05, 0.1) is 29.2 Å². The molecule has 5 nitrogen and oxygen atoms in total. The van der Waals surface area contributed by atoms with Gasteiger partial charge in [0.15, 0.2) is 5.17 Å². The van der Waals surface area contributed by atoms with Crippen LogP contribution in [-0.2, 0) is 14.3 Å². The van der Waals surface area contributed by atoms with Crippen LogP contribution in [0, 0.1) is 0 Å². The minimum atomic E-state index is -0.504. The van der Waals surface area contributed by atoms with Gasteiger partial charge in [-0.25, -0.2) is 9.79 Å². The number of carbonyl (C=O) groups is 2. The van der Waals surface area contributed by atoms with Crippen LogP contribution in [0.5, 0.6) is 0 Å². The topological polar surface area (TPSA) is 59.0 Å². The van der Waals surface area contributed by atoms with Crippen LogP contribution in [0.25, 0.3) is 0 Å². The summed E-state index contributed by atoms with van der Waals surface area (Å²) in [5.74, 6) is -0.429. The molecule has 0 radical (unpaired) electrons. The number of carbonyl (C=O) groups excluding carboxylic acids is 2. The highest BCUT2D eigenvalue weighted by atomic mass is 79.9. The molecule has 1 fully saturated rings. The van der Waals surface area contributed by atoms with Gasteiger partial charge in [-0.3, -0.25) is 9.69 Å². The molecule has 2 aliphatic rings. The Balaban J connectivity index is 2.13. The van der Waals surface area contributed by atoms with Crippen molar-refractivity contribution in [3.05, 3.63) is 45.6 Å². The minimum Gasteiger partial charge on any atom is -0.463 e. The van der Waals surface area contributed by atoms with Crippen LogP contribution in [0.3, 0.4) is 0 Å². The summed E-state index contributed by atoms with van der Waals surface area (Å²) < 4.78 is 6.18. The summed E-state index contributed by atoms with van der Waals surface area (Å²) in [7, 11) is 0. The lowest BCUT2D eigenvalue weighted by Crippen LogP contribution is -2.40. The van der Waals surface area contributed by atoms with Crippen LogP contribution in [0.2, 0.25) is 0 Å². The molecule has 1 aromatic carbocycles. The third kappa shape index (κ3) is 3.27. The number of thioether (sulfide) groups is 1. The van der Waals surface area contributed by atoms with E-state index in [4.69, 9.17) is 4.74 Å². The van der Waals surface area contributed by atoms with Crippen LogP contribution < -0.4 is 0 Å². The largest absolute Gasteiger partial charge is 0.463 e. The predicted molar refractivity (Wildman–Crippen MR) is 102 cm³/mol. The molecule has 0 N–H and O–H groups in total. The first-order chi connectivity index (χ1) is 12.0. The third-order valence-electron chi connectivity index (χ3n) is 4.20. The number of esters is 1. The summed E-state index contributed by atoms with van der Waals surface area (Å²) in [4.78, 5) is 31.7. The van der Waals surface area contributed by atoms with Crippen LogP contribution in [-0.4, -0.2) is 33.8 Å². The molecule has 7 heteroatoms. The van der Waals surface area contributed by atoms with Gasteiger partial charge >= 0.3 is 5.97 Å². The van der Waals surface area contributed by atoms with Gasteiger partial charge in [-0.1, -0.05) is 46.7 Å². The van der Waals surface area contributed by atoms with Gasteiger partial charge in [0.1, 0.15) is 0 Å². The zero-order chi connectivity index (χ0) is 18.1. The Morgan fingerprint density at radius 1 is 1.32 bits per heavy atom. The number of aliphatic imine (C=N–C) groups is 1. The summed E-state index contributed by atoms with van der Waals surface area (Å²) in [6.45, 7) is 5.83. The smallest absolute Gasteiger partial charge is 0.338 e. The summed E-state index contributed by atoms with van der Waals surface area (Å²) >= 11 is 4.89. The van der Waals surface area contributed by atoms with Gasteiger partial charge in [0.2, 0.25) is 5.91 Å². The predicted octanol–water partition coefficient (Wildman–Crippen LogP) is 4.05. The number of allylic oxidation sites excluding steroid dienone is 1. The van der Waals surface area contributed by atoms with E-state index in [9.17, 15) is 9.59 Å². The molecule has 1 amide bonds. The lowest BCUT2D eigenvalue weighted by Gasteiger charge is -2.33. The molecule has 1 saturated heterocycles. The Hall–Kier alpha value is -1.60. The van der Waals surface area contributed by atoms with Crippen molar-refractivity contribution in [2.45, 2.75) is 38.5 Å². The van der Waals surface area contributed by atoms with Crippen molar-refractivity contribution in [3.8, 4) is 0 Å². The fraction of sp³-hybridized carbons (Fsp3) is 0.389. The van der Waals surface area contributed by atoms with E-state index in [2.05, 4.69) is 20.9 Å². The van der Waals surface area contributed by atoms with Crippen molar-refractivity contribution in [3.63, 3.8) is 0 Å². The highest BCUT2D eigenvalue weighted by molar-refractivity contribution is 9.10. The Labute approximate surface area is 159 Å². The van der Waals surface area contributed by atoms with Crippen molar-refractivity contribution in [2.24, 2.45) is 4.99 Å². The monoisotopic (exact) mass is 422 g/mol. The molecule has 0 bridgehead atoms. The number of nitrogens with zero attached hydrogens (tertiary/aromatic N) is 2.